The lowest BCUT2D eigenvalue weighted by atomic mass is 10.0. The number of fused-ring (bicyclic) bond motifs is 2. The van der Waals surface area contributed by atoms with Gasteiger partial charge in [-0.05, 0) is 32.3 Å². The number of esters is 3. The van der Waals surface area contributed by atoms with Crippen molar-refractivity contribution in [2.24, 2.45) is 0 Å². The summed E-state index contributed by atoms with van der Waals surface area (Å²) in [5.74, 6) is -1.54. The monoisotopic (exact) mass is 542 g/mol. The van der Waals surface area contributed by atoms with Gasteiger partial charge in [0, 0.05) is 24.8 Å². The molecular weight excluding hydrogens is 504 g/mol. The van der Waals surface area contributed by atoms with Crippen molar-refractivity contribution >= 4 is 29.5 Å². The highest BCUT2D eigenvalue weighted by atomic mass is 35.5. The van der Waals surface area contributed by atoms with E-state index in [2.05, 4.69) is 0 Å². The molecule has 2 bridgehead atoms. The highest BCUT2D eigenvalue weighted by Crippen LogP contribution is 2.32. The maximum atomic E-state index is 12.8. The molecule has 0 aromatic heterocycles. The molecule has 6 atom stereocenters. The van der Waals surface area contributed by atoms with Crippen molar-refractivity contribution in [3.8, 4) is 0 Å². The van der Waals surface area contributed by atoms with Gasteiger partial charge in [0.05, 0.1) is 31.7 Å². The van der Waals surface area contributed by atoms with Gasteiger partial charge in [-0.3, -0.25) is 14.4 Å². The van der Waals surface area contributed by atoms with Gasteiger partial charge in [-0.25, -0.2) is 0 Å². The molecule has 1 fully saturated rings. The quantitative estimate of drug-likeness (QED) is 0.204. The average molecular weight is 543 g/mol. The smallest absolute Gasteiger partial charge is 0.310 e. The second-order valence-corrected chi connectivity index (χ2v) is 10.0. The number of hydrogen-bond donors (Lipinski definition) is 2. The molecule has 2 heterocycles. The number of allylic oxidation sites excluding steroid dienone is 2. The zero-order valence-electron chi connectivity index (χ0n) is 22.0. The molecule has 10 heteroatoms. The Hall–Kier alpha value is -2.20. The molecule has 1 saturated heterocycles. The first-order chi connectivity index (χ1) is 17.5. The summed E-state index contributed by atoms with van der Waals surface area (Å²) in [6.45, 7) is 7.03. The molecule has 0 saturated carbocycles. The molecule has 0 aliphatic carbocycles. The van der Waals surface area contributed by atoms with Crippen LogP contribution in [0.2, 0.25) is 0 Å². The Morgan fingerprint density at radius 2 is 2.00 bits per heavy atom. The van der Waals surface area contributed by atoms with Crippen LogP contribution in [-0.2, 0) is 33.3 Å². The highest BCUT2D eigenvalue weighted by molar-refractivity contribution is 6.30. The summed E-state index contributed by atoms with van der Waals surface area (Å²) in [5, 5.41) is 21.7. The molecule has 0 aromatic carbocycles. The van der Waals surface area contributed by atoms with Gasteiger partial charge in [-0.2, -0.15) is 0 Å². The van der Waals surface area contributed by atoms with Gasteiger partial charge in [0.15, 0.2) is 0 Å². The van der Waals surface area contributed by atoms with E-state index in [-0.39, 0.29) is 30.7 Å². The summed E-state index contributed by atoms with van der Waals surface area (Å²) >= 11 is 6.28. The summed E-state index contributed by atoms with van der Waals surface area (Å²) in [5.41, 5.74) is 1.22. The van der Waals surface area contributed by atoms with Crippen molar-refractivity contribution in [1.29, 1.82) is 0 Å². The van der Waals surface area contributed by atoms with Crippen LogP contribution < -0.4 is 0 Å². The van der Waals surface area contributed by atoms with Crippen molar-refractivity contribution < 1.29 is 43.5 Å². The first kappa shape index (κ1) is 31.0. The Morgan fingerprint density at radius 1 is 1.27 bits per heavy atom. The molecule has 0 aromatic rings. The van der Waals surface area contributed by atoms with Crippen molar-refractivity contribution in [1.82, 2.24) is 0 Å². The Kier molecular flexibility index (Phi) is 12.8. The Morgan fingerprint density at radius 3 is 2.68 bits per heavy atom. The molecule has 2 aliphatic heterocycles. The fraction of sp³-hybridized carbons (Fsp3) is 0.667. The topological polar surface area (TPSA) is 129 Å². The van der Waals surface area contributed by atoms with E-state index in [0.717, 1.165) is 12.8 Å². The minimum atomic E-state index is -1.18. The molecule has 2 rings (SSSR count). The van der Waals surface area contributed by atoms with E-state index in [4.69, 9.17) is 30.5 Å². The van der Waals surface area contributed by atoms with Crippen molar-refractivity contribution in [2.45, 2.75) is 109 Å². The van der Waals surface area contributed by atoms with Crippen LogP contribution in [0.5, 0.6) is 0 Å². The van der Waals surface area contributed by atoms with E-state index in [1.807, 2.05) is 6.92 Å². The van der Waals surface area contributed by atoms with Crippen molar-refractivity contribution in [2.75, 3.05) is 6.61 Å². The van der Waals surface area contributed by atoms with E-state index in [1.165, 1.54) is 13.0 Å². The van der Waals surface area contributed by atoms with Crippen LogP contribution in [0.15, 0.2) is 34.4 Å². The predicted octanol–water partition coefficient (Wildman–Crippen LogP) is 3.64. The van der Waals surface area contributed by atoms with Crippen molar-refractivity contribution in [3.63, 3.8) is 0 Å². The normalized spacial score (nSPS) is 31.2. The average Bonchev–Trinajstić information content (AvgIpc) is 3.19. The maximum absolute atomic E-state index is 12.8. The second-order valence-electron chi connectivity index (χ2n) is 9.57. The predicted molar refractivity (Wildman–Crippen MR) is 137 cm³/mol. The maximum Gasteiger partial charge on any atom is 0.310 e. The molecule has 2 aliphatic rings. The molecule has 0 amide bonds. The van der Waals surface area contributed by atoms with E-state index in [1.54, 1.807) is 26.0 Å². The SMILES string of the molecule is CCCCOC(=O)C/C(C)=C/[C@@H](O)[C@@H]1O[C@H]2C[C@@H](O)/C(Cl)=C\C/C=C(/C)[C@@H](OC(C)=O)CC(=O)O[C@H]1C2. The minimum Gasteiger partial charge on any atom is -0.465 e. The van der Waals surface area contributed by atoms with Crippen LogP contribution >= 0.6 is 11.6 Å². The third kappa shape index (κ3) is 10.6. The van der Waals surface area contributed by atoms with E-state index in [0.29, 0.717) is 24.2 Å². The number of hydrogen-bond acceptors (Lipinski definition) is 9. The Labute approximate surface area is 223 Å². The summed E-state index contributed by atoms with van der Waals surface area (Å²) < 4.78 is 22.2. The fourth-order valence-corrected chi connectivity index (χ4v) is 4.41. The molecule has 9 nitrogen and oxygen atoms in total. The van der Waals surface area contributed by atoms with E-state index < -0.39 is 54.5 Å². The number of ether oxygens (including phenoxy) is 4. The molecule has 0 spiro atoms. The third-order valence-electron chi connectivity index (χ3n) is 6.20. The molecular formula is C27H39ClO9. The number of carbonyl (C=O) groups is 3. The summed E-state index contributed by atoms with van der Waals surface area (Å²) in [4.78, 5) is 36.4. The zero-order chi connectivity index (χ0) is 27.5. The van der Waals surface area contributed by atoms with Gasteiger partial charge in [0.2, 0.25) is 0 Å². The standard InChI is InChI=1S/C27H39ClO9/c1-5-6-10-34-25(32)12-16(2)11-22(31)27-24-14-19(36-27)13-21(30)20(28)9-7-8-17(3)23(35-18(4)29)15-26(33)37-24/h8-9,11,19,21-24,27,30-31H,5-7,10,12-15H2,1-4H3/b16-11+,17-8-,20-9+/t19-,21+,22+,23-,24-,27-/m0/s1. The van der Waals surface area contributed by atoms with Crippen LogP contribution in [-0.4, -0.2) is 71.4 Å². The van der Waals surface area contributed by atoms with Crippen LogP contribution in [0.25, 0.3) is 0 Å². The van der Waals surface area contributed by atoms with Gasteiger partial charge >= 0.3 is 17.9 Å². The van der Waals surface area contributed by atoms with Crippen LogP contribution in [0.1, 0.15) is 72.6 Å². The van der Waals surface area contributed by atoms with E-state index in [9.17, 15) is 24.6 Å². The molecule has 2 N–H and O–H groups in total. The molecule has 0 unspecified atom stereocenters. The Balaban J connectivity index is 2.21. The van der Waals surface area contributed by atoms with Crippen LogP contribution in [0, 0.1) is 0 Å². The highest BCUT2D eigenvalue weighted by Gasteiger charge is 2.42. The first-order valence-electron chi connectivity index (χ1n) is 12.7. The zero-order valence-corrected chi connectivity index (χ0v) is 22.7. The molecule has 37 heavy (non-hydrogen) atoms. The largest absolute Gasteiger partial charge is 0.465 e. The van der Waals surface area contributed by atoms with Gasteiger partial charge in [-0.1, -0.05) is 48.7 Å². The lowest BCUT2D eigenvalue weighted by molar-refractivity contribution is -0.159. The molecule has 208 valence electrons. The number of rotatable bonds is 8. The van der Waals surface area contributed by atoms with Crippen molar-refractivity contribution in [3.05, 3.63) is 34.4 Å². The van der Waals surface area contributed by atoms with Crippen LogP contribution in [0.4, 0.5) is 0 Å². The summed E-state index contributed by atoms with van der Waals surface area (Å²) in [6.07, 6.45) is 1.84. The Bertz CT molecular complexity index is 894. The van der Waals surface area contributed by atoms with Crippen LogP contribution in [0.3, 0.4) is 0 Å². The van der Waals surface area contributed by atoms with Gasteiger partial charge in [0.1, 0.15) is 24.4 Å². The second kappa shape index (κ2) is 15.3. The van der Waals surface area contributed by atoms with Gasteiger partial charge < -0.3 is 29.2 Å². The summed E-state index contributed by atoms with van der Waals surface area (Å²) in [7, 11) is 0. The first-order valence-corrected chi connectivity index (χ1v) is 13.1. The number of carbonyl (C=O) groups excluding carboxylic acids is 3. The van der Waals surface area contributed by atoms with Gasteiger partial charge in [0.25, 0.3) is 0 Å². The number of halogens is 1. The lowest BCUT2D eigenvalue weighted by Gasteiger charge is -2.24. The number of aliphatic hydroxyl groups is 2. The van der Waals surface area contributed by atoms with E-state index >= 15 is 0 Å². The number of aliphatic hydroxyl groups excluding tert-OH is 2. The molecule has 0 radical (unpaired) electrons. The fourth-order valence-electron chi connectivity index (χ4n) is 4.23. The van der Waals surface area contributed by atoms with Gasteiger partial charge in [-0.15, -0.1) is 0 Å². The lowest BCUT2D eigenvalue weighted by Crippen LogP contribution is -2.37. The third-order valence-corrected chi connectivity index (χ3v) is 6.60. The number of unbranched alkanes of at least 4 members (excludes halogenated alkanes) is 1. The minimum absolute atomic E-state index is 0.0101. The summed E-state index contributed by atoms with van der Waals surface area (Å²) in [6, 6.07) is 0.